The molecule has 1 aliphatic heterocycles. The molecule has 2 heterocycles. The van der Waals surface area contributed by atoms with Gasteiger partial charge in [0.2, 0.25) is 0 Å². The van der Waals surface area contributed by atoms with Gasteiger partial charge in [-0.2, -0.15) is 0 Å². The van der Waals surface area contributed by atoms with E-state index in [0.717, 1.165) is 12.8 Å². The predicted molar refractivity (Wildman–Crippen MR) is 62.7 cm³/mol. The van der Waals surface area contributed by atoms with E-state index < -0.39 is 5.97 Å². The van der Waals surface area contributed by atoms with Gasteiger partial charge in [0, 0.05) is 13.2 Å². The van der Waals surface area contributed by atoms with Crippen molar-refractivity contribution in [2.24, 2.45) is 7.05 Å². The normalized spacial score (nSPS) is 20.8. The van der Waals surface area contributed by atoms with E-state index in [1.807, 2.05) is 0 Å². The lowest BCUT2D eigenvalue weighted by atomic mass is 10.0. The highest BCUT2D eigenvalue weighted by atomic mass is 16.5. The van der Waals surface area contributed by atoms with Gasteiger partial charge in [-0.1, -0.05) is 0 Å². The van der Waals surface area contributed by atoms with E-state index in [1.54, 1.807) is 17.8 Å². The van der Waals surface area contributed by atoms with E-state index in [2.05, 4.69) is 5.32 Å². The molecule has 1 fully saturated rings. The number of aromatic nitrogens is 1. The van der Waals surface area contributed by atoms with Gasteiger partial charge in [-0.05, 0) is 25.7 Å². The van der Waals surface area contributed by atoms with E-state index in [1.165, 1.54) is 12.8 Å². The number of anilines is 1. The fourth-order valence-electron chi connectivity index (χ4n) is 2.92. The first kappa shape index (κ1) is 10.5. The largest absolute Gasteiger partial charge is 0.482 e. The molecule has 0 unspecified atom stereocenters. The number of ether oxygens (including phenoxy) is 1. The zero-order valence-electron chi connectivity index (χ0n) is 9.82. The standard InChI is InChI=1S/C12H16N2O3/c1-14-6-8-9(10(14)11(15)16)13-7-12(17-8)4-2-3-5-12/h6,13H,2-5,7H2,1H3,(H,15,16). The van der Waals surface area contributed by atoms with Crippen molar-refractivity contribution in [2.45, 2.75) is 31.3 Å². The summed E-state index contributed by atoms with van der Waals surface area (Å²) in [6.07, 6.45) is 6.24. The van der Waals surface area contributed by atoms with Crippen molar-refractivity contribution in [1.82, 2.24) is 4.57 Å². The number of nitrogens with zero attached hydrogens (tertiary/aromatic N) is 1. The van der Waals surface area contributed by atoms with Crippen LogP contribution in [0.1, 0.15) is 36.2 Å². The fourth-order valence-corrected chi connectivity index (χ4v) is 2.92. The molecule has 0 bridgehead atoms. The summed E-state index contributed by atoms with van der Waals surface area (Å²) in [5.74, 6) is -0.245. The van der Waals surface area contributed by atoms with Gasteiger partial charge in [0.05, 0.1) is 6.54 Å². The van der Waals surface area contributed by atoms with Crippen molar-refractivity contribution >= 4 is 11.7 Å². The number of aryl methyl sites for hydroxylation is 1. The van der Waals surface area contributed by atoms with Gasteiger partial charge in [0.1, 0.15) is 11.3 Å². The first-order valence-electron chi connectivity index (χ1n) is 5.97. The minimum absolute atomic E-state index is 0.107. The highest BCUT2D eigenvalue weighted by Gasteiger charge is 2.41. The average Bonchev–Trinajstić information content (AvgIpc) is 2.82. The first-order valence-corrected chi connectivity index (χ1v) is 5.97. The van der Waals surface area contributed by atoms with E-state index in [9.17, 15) is 4.79 Å². The molecule has 2 aliphatic rings. The molecule has 1 spiro atoms. The third-order valence-electron chi connectivity index (χ3n) is 3.78. The van der Waals surface area contributed by atoms with Crippen LogP contribution in [0.15, 0.2) is 6.20 Å². The van der Waals surface area contributed by atoms with Crippen LogP contribution in [0.25, 0.3) is 0 Å². The second-order valence-corrected chi connectivity index (χ2v) is 4.98. The van der Waals surface area contributed by atoms with Crippen LogP contribution in [0, 0.1) is 0 Å². The number of rotatable bonds is 1. The number of aromatic carboxylic acids is 1. The summed E-state index contributed by atoms with van der Waals surface area (Å²) < 4.78 is 7.65. The second-order valence-electron chi connectivity index (χ2n) is 4.98. The lowest BCUT2D eigenvalue weighted by Crippen LogP contribution is -2.43. The number of hydrogen-bond donors (Lipinski definition) is 2. The monoisotopic (exact) mass is 236 g/mol. The van der Waals surface area contributed by atoms with E-state index in [-0.39, 0.29) is 11.3 Å². The third-order valence-corrected chi connectivity index (χ3v) is 3.78. The molecule has 1 saturated carbocycles. The number of carboxylic acids is 1. The molecule has 0 radical (unpaired) electrons. The summed E-state index contributed by atoms with van der Waals surface area (Å²) in [6, 6.07) is 0. The van der Waals surface area contributed by atoms with Crippen LogP contribution in [0.3, 0.4) is 0 Å². The molecular formula is C12H16N2O3. The summed E-state index contributed by atoms with van der Waals surface area (Å²) in [4.78, 5) is 11.2. The molecule has 0 amide bonds. The van der Waals surface area contributed by atoms with Crippen LogP contribution >= 0.6 is 0 Å². The fraction of sp³-hybridized carbons (Fsp3) is 0.583. The van der Waals surface area contributed by atoms with Gasteiger partial charge >= 0.3 is 5.97 Å². The highest BCUT2D eigenvalue weighted by Crippen LogP contribution is 2.43. The van der Waals surface area contributed by atoms with Crippen LogP contribution in [0.2, 0.25) is 0 Å². The molecule has 5 heteroatoms. The van der Waals surface area contributed by atoms with Gasteiger partial charge in [0.15, 0.2) is 11.4 Å². The number of hydrogen-bond acceptors (Lipinski definition) is 3. The first-order chi connectivity index (χ1) is 8.11. The number of carboxylic acid groups (broad SMARTS) is 1. The summed E-state index contributed by atoms with van der Waals surface area (Å²) >= 11 is 0. The Morgan fingerprint density at radius 1 is 1.53 bits per heavy atom. The van der Waals surface area contributed by atoms with Crippen LogP contribution in [-0.4, -0.2) is 27.8 Å². The molecule has 0 saturated heterocycles. The Hall–Kier alpha value is -1.65. The quantitative estimate of drug-likeness (QED) is 0.781. The van der Waals surface area contributed by atoms with Gasteiger partial charge in [0.25, 0.3) is 0 Å². The summed E-state index contributed by atoms with van der Waals surface area (Å²) in [7, 11) is 1.73. The highest BCUT2D eigenvalue weighted by molar-refractivity contribution is 5.95. The summed E-state index contributed by atoms with van der Waals surface area (Å²) in [5, 5.41) is 12.4. The Bertz CT molecular complexity index is 472. The zero-order chi connectivity index (χ0) is 12.0. The van der Waals surface area contributed by atoms with E-state index in [0.29, 0.717) is 18.0 Å². The maximum absolute atomic E-state index is 11.2. The SMILES string of the molecule is Cn1cc2c(c1C(=O)O)NCC1(CCCC1)O2. The molecule has 3 rings (SSSR count). The molecule has 17 heavy (non-hydrogen) atoms. The maximum Gasteiger partial charge on any atom is 0.354 e. The lowest BCUT2D eigenvalue weighted by Gasteiger charge is -2.35. The smallest absolute Gasteiger partial charge is 0.354 e. The van der Waals surface area contributed by atoms with Crippen molar-refractivity contribution in [3.05, 3.63) is 11.9 Å². The van der Waals surface area contributed by atoms with Crippen LogP contribution in [-0.2, 0) is 7.05 Å². The van der Waals surface area contributed by atoms with Crippen LogP contribution < -0.4 is 10.1 Å². The molecule has 0 atom stereocenters. The van der Waals surface area contributed by atoms with Gasteiger partial charge in [-0.3, -0.25) is 0 Å². The van der Waals surface area contributed by atoms with Gasteiger partial charge in [-0.15, -0.1) is 0 Å². The molecule has 0 aromatic carbocycles. The van der Waals surface area contributed by atoms with E-state index in [4.69, 9.17) is 9.84 Å². The Balaban J connectivity index is 1.99. The molecule has 92 valence electrons. The van der Waals surface area contributed by atoms with Crippen molar-refractivity contribution < 1.29 is 14.6 Å². The summed E-state index contributed by atoms with van der Waals surface area (Å²) in [6.45, 7) is 0.713. The van der Waals surface area contributed by atoms with Gasteiger partial charge in [-0.25, -0.2) is 4.79 Å². The molecule has 5 nitrogen and oxygen atoms in total. The predicted octanol–water partition coefficient (Wildman–Crippen LogP) is 1.84. The molecule has 1 aromatic heterocycles. The topological polar surface area (TPSA) is 63.5 Å². The Morgan fingerprint density at radius 2 is 2.24 bits per heavy atom. The maximum atomic E-state index is 11.2. The van der Waals surface area contributed by atoms with Crippen LogP contribution in [0.4, 0.5) is 5.69 Å². The number of nitrogens with one attached hydrogen (secondary N) is 1. The minimum Gasteiger partial charge on any atom is -0.482 e. The van der Waals surface area contributed by atoms with Crippen molar-refractivity contribution in [1.29, 1.82) is 0 Å². The lowest BCUT2D eigenvalue weighted by molar-refractivity contribution is 0.0682. The zero-order valence-corrected chi connectivity index (χ0v) is 9.82. The average molecular weight is 236 g/mol. The minimum atomic E-state index is -0.924. The molecular weight excluding hydrogens is 220 g/mol. The number of fused-ring (bicyclic) bond motifs is 1. The van der Waals surface area contributed by atoms with Crippen molar-refractivity contribution in [3.63, 3.8) is 0 Å². The van der Waals surface area contributed by atoms with Gasteiger partial charge < -0.3 is 19.7 Å². The molecule has 1 aliphatic carbocycles. The Labute approximate surface area is 99.4 Å². The third kappa shape index (κ3) is 1.49. The molecule has 2 N–H and O–H groups in total. The van der Waals surface area contributed by atoms with E-state index >= 15 is 0 Å². The second kappa shape index (κ2) is 3.42. The number of carbonyl (C=O) groups is 1. The van der Waals surface area contributed by atoms with Crippen LogP contribution in [0.5, 0.6) is 5.75 Å². The van der Waals surface area contributed by atoms with Crippen molar-refractivity contribution in [3.8, 4) is 5.75 Å². The molecule has 1 aromatic rings. The summed E-state index contributed by atoms with van der Waals surface area (Å²) in [5.41, 5.74) is 0.787. The Kier molecular flexibility index (Phi) is 2.11. The Morgan fingerprint density at radius 3 is 2.88 bits per heavy atom. The van der Waals surface area contributed by atoms with Crippen molar-refractivity contribution in [2.75, 3.05) is 11.9 Å².